The van der Waals surface area contributed by atoms with Gasteiger partial charge in [0.2, 0.25) is 0 Å². The van der Waals surface area contributed by atoms with Crippen LogP contribution in [0.25, 0.3) is 32.8 Å². The number of hydrogen-bond acceptors (Lipinski definition) is 4. The smallest absolute Gasteiger partial charge is 0.0958 e. The Morgan fingerprint density at radius 1 is 0.750 bits per heavy atom. The largest absolute Gasteiger partial charge is 0.249 e. The monoisotopic (exact) mass is 404 g/mol. The summed E-state index contributed by atoms with van der Waals surface area (Å²) in [5, 5.41) is 4.54. The van der Waals surface area contributed by atoms with Gasteiger partial charge >= 0.3 is 0 Å². The van der Waals surface area contributed by atoms with Crippen LogP contribution in [0.15, 0.2) is 60.1 Å². The summed E-state index contributed by atoms with van der Waals surface area (Å²) in [6.45, 7) is 8.75. The number of rotatable bonds is 5. The molecule has 2 nitrogen and oxygen atoms in total. The molecule has 0 amide bonds. The maximum atomic E-state index is 4.81. The molecule has 0 aliphatic heterocycles. The average molecular weight is 405 g/mol. The summed E-state index contributed by atoms with van der Waals surface area (Å²) in [7, 11) is 0. The van der Waals surface area contributed by atoms with Crippen LogP contribution in [0.1, 0.15) is 49.5 Å². The van der Waals surface area contributed by atoms with E-state index in [4.69, 9.17) is 4.98 Å². The summed E-state index contributed by atoms with van der Waals surface area (Å²) in [6, 6.07) is 17.4. The van der Waals surface area contributed by atoms with E-state index in [0.29, 0.717) is 11.8 Å². The van der Waals surface area contributed by atoms with Crippen LogP contribution in [0, 0.1) is 0 Å². The second-order valence-electron chi connectivity index (χ2n) is 7.60. The van der Waals surface area contributed by atoms with E-state index < -0.39 is 0 Å². The van der Waals surface area contributed by atoms with Crippen molar-refractivity contribution in [1.29, 1.82) is 0 Å². The normalized spacial score (nSPS) is 11.5. The molecule has 0 N–H and O–H groups in total. The lowest BCUT2D eigenvalue weighted by molar-refractivity contribution is 0.852. The van der Waals surface area contributed by atoms with Crippen molar-refractivity contribution >= 4 is 22.7 Å². The maximum absolute atomic E-state index is 4.81. The summed E-state index contributed by atoms with van der Waals surface area (Å²) >= 11 is 3.53. The third-order valence-corrected chi connectivity index (χ3v) is 7.16. The fourth-order valence-corrected chi connectivity index (χ4v) is 4.84. The van der Waals surface area contributed by atoms with Gasteiger partial charge in [-0.05, 0) is 28.8 Å². The van der Waals surface area contributed by atoms with Crippen molar-refractivity contribution in [2.24, 2.45) is 0 Å². The molecule has 0 fully saturated rings. The van der Waals surface area contributed by atoms with Crippen molar-refractivity contribution in [1.82, 2.24) is 9.97 Å². The van der Waals surface area contributed by atoms with E-state index in [1.54, 1.807) is 22.7 Å². The summed E-state index contributed by atoms with van der Waals surface area (Å²) in [4.78, 5) is 10.6. The van der Waals surface area contributed by atoms with E-state index in [1.165, 1.54) is 37.1 Å². The summed E-state index contributed by atoms with van der Waals surface area (Å²) < 4.78 is 0. The number of benzene rings is 2. The minimum Gasteiger partial charge on any atom is -0.249 e. The van der Waals surface area contributed by atoms with Crippen LogP contribution >= 0.6 is 22.7 Å². The first-order chi connectivity index (χ1) is 13.5. The lowest BCUT2D eigenvalue weighted by Gasteiger charge is -2.06. The van der Waals surface area contributed by atoms with Crippen molar-refractivity contribution in [3.8, 4) is 32.8 Å². The Kier molecular flexibility index (Phi) is 5.42. The van der Waals surface area contributed by atoms with Crippen LogP contribution in [0.4, 0.5) is 0 Å². The van der Waals surface area contributed by atoms with Gasteiger partial charge in [0.1, 0.15) is 0 Å². The molecule has 4 aromatic rings. The first kappa shape index (κ1) is 19.0. The van der Waals surface area contributed by atoms with E-state index in [2.05, 4.69) is 86.6 Å². The molecular formula is C24H24N2S2. The minimum atomic E-state index is 0.465. The molecule has 0 bridgehead atoms. The van der Waals surface area contributed by atoms with E-state index in [9.17, 15) is 0 Å². The zero-order valence-corrected chi connectivity index (χ0v) is 18.3. The summed E-state index contributed by atoms with van der Waals surface area (Å²) in [6.07, 6.45) is 2.00. The molecule has 0 unspecified atom stereocenters. The fourth-order valence-electron chi connectivity index (χ4n) is 3.08. The Labute approximate surface area is 175 Å². The molecule has 28 heavy (non-hydrogen) atoms. The lowest BCUT2D eigenvalue weighted by Crippen LogP contribution is -1.86. The zero-order valence-electron chi connectivity index (χ0n) is 16.6. The van der Waals surface area contributed by atoms with Crippen molar-refractivity contribution in [3.05, 3.63) is 70.1 Å². The zero-order chi connectivity index (χ0) is 19.7. The molecule has 4 heteroatoms. The van der Waals surface area contributed by atoms with Gasteiger partial charge in [0.25, 0.3) is 0 Å². The van der Waals surface area contributed by atoms with Crippen LogP contribution in [-0.4, -0.2) is 9.97 Å². The molecular weight excluding hydrogens is 380 g/mol. The topological polar surface area (TPSA) is 25.8 Å². The van der Waals surface area contributed by atoms with Gasteiger partial charge in [-0.15, -0.1) is 22.7 Å². The molecule has 0 atom stereocenters. The second-order valence-corrected chi connectivity index (χ2v) is 9.56. The quantitative estimate of drug-likeness (QED) is 0.338. The SMILES string of the molecule is CC(C)c1nc(-c2cccc(-c3cccc(-c4cnc(C(C)C)s4)c3)c2)cs1. The van der Waals surface area contributed by atoms with Gasteiger partial charge in [-0.25, -0.2) is 9.97 Å². The van der Waals surface area contributed by atoms with Crippen molar-refractivity contribution in [2.75, 3.05) is 0 Å². The number of aromatic nitrogens is 2. The molecule has 0 aliphatic rings. The van der Waals surface area contributed by atoms with Gasteiger partial charge in [0, 0.05) is 29.0 Å². The molecule has 4 rings (SSSR count). The molecule has 2 aromatic carbocycles. The van der Waals surface area contributed by atoms with Gasteiger partial charge in [-0.1, -0.05) is 64.1 Å². The molecule has 2 aromatic heterocycles. The highest BCUT2D eigenvalue weighted by atomic mass is 32.1. The molecule has 0 spiro atoms. The Balaban J connectivity index is 1.67. The Hall–Kier alpha value is -2.30. The van der Waals surface area contributed by atoms with Gasteiger partial charge in [-0.2, -0.15) is 0 Å². The van der Waals surface area contributed by atoms with E-state index >= 15 is 0 Å². The maximum Gasteiger partial charge on any atom is 0.0958 e. The molecule has 2 heterocycles. The fraction of sp³-hybridized carbons (Fsp3) is 0.250. The Morgan fingerprint density at radius 3 is 1.96 bits per heavy atom. The van der Waals surface area contributed by atoms with Crippen molar-refractivity contribution < 1.29 is 0 Å². The number of thiazole rings is 2. The summed E-state index contributed by atoms with van der Waals surface area (Å²) in [5.74, 6) is 0.932. The first-order valence-corrected chi connectivity index (χ1v) is 11.3. The first-order valence-electron chi connectivity index (χ1n) is 9.63. The van der Waals surface area contributed by atoms with Crippen LogP contribution < -0.4 is 0 Å². The Morgan fingerprint density at radius 2 is 1.36 bits per heavy atom. The predicted molar refractivity (Wildman–Crippen MR) is 122 cm³/mol. The standard InChI is InChI=1S/C24H24N2S2/c1-15(2)23-25-13-22(28-23)20-10-6-8-18(12-20)17-7-5-9-19(11-17)21-14-27-24(26-21)16(3)4/h5-16H,1-4H3. The molecule has 0 radical (unpaired) electrons. The van der Waals surface area contributed by atoms with Crippen LogP contribution in [0.2, 0.25) is 0 Å². The van der Waals surface area contributed by atoms with Crippen LogP contribution in [0.3, 0.4) is 0 Å². The Bertz CT molecular complexity index is 1000. The van der Waals surface area contributed by atoms with E-state index in [-0.39, 0.29) is 0 Å². The van der Waals surface area contributed by atoms with Gasteiger partial charge in [0.05, 0.1) is 20.6 Å². The molecule has 0 saturated carbocycles. The minimum absolute atomic E-state index is 0.465. The third-order valence-electron chi connectivity index (χ3n) is 4.67. The van der Waals surface area contributed by atoms with E-state index in [0.717, 1.165) is 5.69 Å². The van der Waals surface area contributed by atoms with Crippen LogP contribution in [-0.2, 0) is 0 Å². The van der Waals surface area contributed by atoms with Crippen molar-refractivity contribution in [3.63, 3.8) is 0 Å². The van der Waals surface area contributed by atoms with Gasteiger partial charge in [0.15, 0.2) is 0 Å². The molecule has 0 saturated heterocycles. The number of hydrogen-bond donors (Lipinski definition) is 0. The van der Waals surface area contributed by atoms with Crippen molar-refractivity contribution in [2.45, 2.75) is 39.5 Å². The second kappa shape index (κ2) is 7.98. The third kappa shape index (κ3) is 3.94. The summed E-state index contributed by atoms with van der Waals surface area (Å²) in [5.41, 5.74) is 5.90. The van der Waals surface area contributed by atoms with Gasteiger partial charge in [-0.3, -0.25) is 0 Å². The average Bonchev–Trinajstić information content (AvgIpc) is 3.38. The van der Waals surface area contributed by atoms with Crippen LogP contribution in [0.5, 0.6) is 0 Å². The number of nitrogens with zero attached hydrogens (tertiary/aromatic N) is 2. The predicted octanol–water partition coefficient (Wildman–Crippen LogP) is 7.85. The molecule has 142 valence electrons. The highest BCUT2D eigenvalue weighted by Gasteiger charge is 2.11. The lowest BCUT2D eigenvalue weighted by atomic mass is 10.00. The molecule has 0 aliphatic carbocycles. The van der Waals surface area contributed by atoms with E-state index in [1.807, 2.05) is 6.20 Å². The van der Waals surface area contributed by atoms with Gasteiger partial charge < -0.3 is 0 Å². The highest BCUT2D eigenvalue weighted by molar-refractivity contribution is 7.15. The highest BCUT2D eigenvalue weighted by Crippen LogP contribution is 2.34.